The number of rotatable bonds is 8. The van der Waals surface area contributed by atoms with E-state index in [2.05, 4.69) is 123 Å². The summed E-state index contributed by atoms with van der Waals surface area (Å²) < 4.78 is 2.47. The van der Waals surface area contributed by atoms with Gasteiger partial charge in [0.1, 0.15) is 6.54 Å². The molecule has 3 heteroatoms. The number of para-hydroxylation sites is 2. The van der Waals surface area contributed by atoms with E-state index in [1.54, 1.807) is 0 Å². The largest absolute Gasteiger partial charge is 0.854 e. The van der Waals surface area contributed by atoms with Crippen LogP contribution in [0, 0.1) is 0 Å². The van der Waals surface area contributed by atoms with E-state index in [0.717, 1.165) is 19.5 Å². The average molecular weight is 455 g/mol. The maximum Gasteiger partial charge on any atom is 0.209 e. The predicted molar refractivity (Wildman–Crippen MR) is 142 cm³/mol. The van der Waals surface area contributed by atoms with Gasteiger partial charge in [0.05, 0.1) is 5.41 Å². The van der Waals surface area contributed by atoms with Crippen LogP contribution < -0.4 is 10.0 Å². The van der Waals surface area contributed by atoms with Gasteiger partial charge in [0.15, 0.2) is 5.71 Å². The highest BCUT2D eigenvalue weighted by molar-refractivity contribution is 6.03. The van der Waals surface area contributed by atoms with Gasteiger partial charge in [-0.2, -0.15) is 4.58 Å². The van der Waals surface area contributed by atoms with Crippen molar-refractivity contribution in [3.63, 3.8) is 0 Å². The lowest BCUT2D eigenvalue weighted by Gasteiger charge is -2.27. The molecule has 2 aromatic rings. The van der Waals surface area contributed by atoms with E-state index in [9.17, 15) is 5.11 Å². The molecule has 2 aliphatic heterocycles. The van der Waals surface area contributed by atoms with Gasteiger partial charge in [0, 0.05) is 47.5 Å². The van der Waals surface area contributed by atoms with Crippen molar-refractivity contribution >= 4 is 17.1 Å². The van der Waals surface area contributed by atoms with Crippen LogP contribution in [0.15, 0.2) is 84.6 Å². The first kappa shape index (κ1) is 24.2. The Kier molecular flexibility index (Phi) is 6.95. The van der Waals surface area contributed by atoms with E-state index in [1.165, 1.54) is 33.9 Å². The maximum absolute atomic E-state index is 11.2. The van der Waals surface area contributed by atoms with Crippen molar-refractivity contribution in [3.05, 3.63) is 95.7 Å². The molecular formula is C31H38N2O. The summed E-state index contributed by atoms with van der Waals surface area (Å²) in [6.07, 6.45) is 12.7. The number of hydrogen-bond donors (Lipinski definition) is 0. The third kappa shape index (κ3) is 4.18. The quantitative estimate of drug-likeness (QED) is 0.361. The Morgan fingerprint density at radius 2 is 1.59 bits per heavy atom. The molecule has 0 spiro atoms. The summed E-state index contributed by atoms with van der Waals surface area (Å²) in [5, 5.41) is 11.2. The molecule has 0 unspecified atom stereocenters. The molecule has 0 saturated carbocycles. The first-order chi connectivity index (χ1) is 16.3. The molecular weight excluding hydrogens is 416 g/mol. The van der Waals surface area contributed by atoms with Gasteiger partial charge in [-0.1, -0.05) is 81.8 Å². The number of anilines is 1. The molecule has 0 atom stereocenters. The van der Waals surface area contributed by atoms with Crippen molar-refractivity contribution in [3.8, 4) is 0 Å². The van der Waals surface area contributed by atoms with Crippen molar-refractivity contribution in [1.29, 1.82) is 0 Å². The summed E-state index contributed by atoms with van der Waals surface area (Å²) >= 11 is 0. The van der Waals surface area contributed by atoms with Crippen molar-refractivity contribution in [2.75, 3.05) is 24.6 Å². The highest BCUT2D eigenvalue weighted by Gasteiger charge is 2.43. The van der Waals surface area contributed by atoms with Crippen LogP contribution in [0.1, 0.15) is 58.6 Å². The molecule has 0 aromatic heterocycles. The van der Waals surface area contributed by atoms with Gasteiger partial charge in [-0.25, -0.2) is 0 Å². The van der Waals surface area contributed by atoms with Crippen molar-refractivity contribution < 1.29 is 9.68 Å². The van der Waals surface area contributed by atoms with E-state index >= 15 is 0 Å². The normalized spacial score (nSPS) is 19.6. The summed E-state index contributed by atoms with van der Waals surface area (Å²) in [5.74, 6) is 0. The highest BCUT2D eigenvalue weighted by Crippen LogP contribution is 2.47. The Labute approximate surface area is 205 Å². The zero-order valence-electron chi connectivity index (χ0n) is 21.3. The molecule has 0 fully saturated rings. The van der Waals surface area contributed by atoms with E-state index < -0.39 is 0 Å². The van der Waals surface area contributed by atoms with E-state index in [-0.39, 0.29) is 17.4 Å². The van der Waals surface area contributed by atoms with Gasteiger partial charge in [-0.05, 0) is 31.6 Å². The summed E-state index contributed by atoms with van der Waals surface area (Å²) in [4.78, 5) is 2.33. The topological polar surface area (TPSA) is 29.3 Å². The predicted octanol–water partition coefficient (Wildman–Crippen LogP) is 6.02. The molecule has 0 amide bonds. The Balaban J connectivity index is 1.61. The second kappa shape index (κ2) is 9.76. The molecule has 4 rings (SSSR count). The molecule has 0 aliphatic carbocycles. The second-order valence-electron chi connectivity index (χ2n) is 10.3. The lowest BCUT2D eigenvalue weighted by Crippen LogP contribution is -2.28. The maximum atomic E-state index is 11.2. The Bertz CT molecular complexity index is 1160. The van der Waals surface area contributed by atoms with Crippen LogP contribution >= 0.6 is 0 Å². The fourth-order valence-electron chi connectivity index (χ4n) is 5.57. The van der Waals surface area contributed by atoms with Gasteiger partial charge in [0.2, 0.25) is 5.69 Å². The Morgan fingerprint density at radius 1 is 0.882 bits per heavy atom. The zero-order valence-corrected chi connectivity index (χ0v) is 21.3. The molecule has 2 heterocycles. The lowest BCUT2D eigenvalue weighted by molar-refractivity contribution is -0.437. The molecule has 3 nitrogen and oxygen atoms in total. The highest BCUT2D eigenvalue weighted by atomic mass is 16.3. The van der Waals surface area contributed by atoms with Crippen LogP contribution in [-0.4, -0.2) is 30.0 Å². The van der Waals surface area contributed by atoms with Gasteiger partial charge in [-0.15, -0.1) is 6.61 Å². The van der Waals surface area contributed by atoms with Crippen LogP contribution in [0.3, 0.4) is 0 Å². The van der Waals surface area contributed by atoms with E-state index in [0.29, 0.717) is 6.42 Å². The molecule has 178 valence electrons. The monoisotopic (exact) mass is 454 g/mol. The SMILES string of the molecule is CCC[N+]1=C(/C=C/C=C/C=C2/N(CCC[O-])c3ccccc3C2(C)C)C(C)(C)c2ccccc21. The molecule has 34 heavy (non-hydrogen) atoms. The second-order valence-corrected chi connectivity index (χ2v) is 10.3. The first-order valence-electron chi connectivity index (χ1n) is 12.6. The minimum Gasteiger partial charge on any atom is -0.854 e. The van der Waals surface area contributed by atoms with Crippen molar-refractivity contribution in [2.24, 2.45) is 0 Å². The first-order valence-corrected chi connectivity index (χ1v) is 12.6. The van der Waals surface area contributed by atoms with Crippen molar-refractivity contribution in [1.82, 2.24) is 0 Å². The molecule has 0 N–H and O–H groups in total. The molecule has 2 aromatic carbocycles. The number of nitrogens with zero attached hydrogens (tertiary/aromatic N) is 2. The van der Waals surface area contributed by atoms with Gasteiger partial charge in [-0.3, -0.25) is 0 Å². The zero-order chi connectivity index (χ0) is 24.3. The van der Waals surface area contributed by atoms with Crippen LogP contribution in [0.2, 0.25) is 0 Å². The van der Waals surface area contributed by atoms with Crippen LogP contribution in [0.5, 0.6) is 0 Å². The summed E-state index contributed by atoms with van der Waals surface area (Å²) in [5.41, 5.74) is 7.78. The fourth-order valence-corrected chi connectivity index (χ4v) is 5.57. The van der Waals surface area contributed by atoms with Gasteiger partial charge < -0.3 is 10.0 Å². The Morgan fingerprint density at radius 3 is 2.32 bits per heavy atom. The van der Waals surface area contributed by atoms with E-state index in [1.807, 2.05) is 0 Å². The molecule has 0 saturated heterocycles. The summed E-state index contributed by atoms with van der Waals surface area (Å²) in [6, 6.07) is 17.4. The third-order valence-corrected chi connectivity index (χ3v) is 7.30. The lowest BCUT2D eigenvalue weighted by atomic mass is 9.81. The van der Waals surface area contributed by atoms with Crippen LogP contribution in [0.25, 0.3) is 0 Å². The number of fused-ring (bicyclic) bond motifs is 2. The molecule has 2 aliphatic rings. The third-order valence-electron chi connectivity index (χ3n) is 7.30. The van der Waals surface area contributed by atoms with E-state index in [4.69, 9.17) is 0 Å². The summed E-state index contributed by atoms with van der Waals surface area (Å²) in [6.45, 7) is 13.2. The molecule has 0 radical (unpaired) electrons. The van der Waals surface area contributed by atoms with Gasteiger partial charge >= 0.3 is 0 Å². The summed E-state index contributed by atoms with van der Waals surface area (Å²) in [7, 11) is 0. The van der Waals surface area contributed by atoms with Crippen LogP contribution in [-0.2, 0) is 10.8 Å². The fraction of sp³-hybridized carbons (Fsp3) is 0.387. The average Bonchev–Trinajstić information content (AvgIpc) is 3.17. The smallest absolute Gasteiger partial charge is 0.209 e. The number of allylic oxidation sites excluding steroid dienone is 6. The molecule has 0 bridgehead atoms. The number of benzene rings is 2. The minimum absolute atomic E-state index is 0.0151. The van der Waals surface area contributed by atoms with Gasteiger partial charge in [0.25, 0.3) is 0 Å². The number of hydrogen-bond acceptors (Lipinski definition) is 2. The Hall–Kier alpha value is -2.91. The minimum atomic E-state index is -0.0880. The van der Waals surface area contributed by atoms with Crippen LogP contribution in [0.4, 0.5) is 11.4 Å². The standard InChI is InChI=1S/C31H38N2O/c1-6-21-32-26-17-12-10-15-24(26)30(2,3)28(32)19-8-7-9-20-29-31(4,5)25-16-11-13-18-27(25)33(29)22-14-23-34/h7-13,15-20H,6,14,21-23H2,1-5H3. The van der Waals surface area contributed by atoms with Crippen molar-refractivity contribution in [2.45, 2.75) is 58.3 Å².